The van der Waals surface area contributed by atoms with E-state index in [4.69, 9.17) is 0 Å². The summed E-state index contributed by atoms with van der Waals surface area (Å²) in [5, 5.41) is 6.16. The second-order valence-corrected chi connectivity index (χ2v) is 7.53. The predicted octanol–water partition coefficient (Wildman–Crippen LogP) is 4.92. The molecular weight excluding hydrogens is 238 g/mol. The molecule has 2 atom stereocenters. The zero-order chi connectivity index (χ0) is 13.2. The molecule has 2 unspecified atom stereocenters. The van der Waals surface area contributed by atoms with Crippen LogP contribution in [-0.2, 0) is 0 Å². The molecular formula is C16H27NS. The average Bonchev–Trinajstić information content (AvgIpc) is 2.87. The summed E-state index contributed by atoms with van der Waals surface area (Å²) in [5.74, 6) is 0.790. The number of hydrogen-bond acceptors (Lipinski definition) is 2. The molecule has 2 heteroatoms. The van der Waals surface area contributed by atoms with Gasteiger partial charge in [0.1, 0.15) is 0 Å². The Morgan fingerprint density at radius 1 is 1.50 bits per heavy atom. The number of aryl methyl sites for hydroxylation is 1. The van der Waals surface area contributed by atoms with Crippen molar-refractivity contribution >= 4 is 11.3 Å². The topological polar surface area (TPSA) is 12.0 Å². The number of hydrogen-bond donors (Lipinski definition) is 1. The molecule has 2 rings (SSSR count). The van der Waals surface area contributed by atoms with Crippen LogP contribution in [0.3, 0.4) is 0 Å². The molecule has 0 saturated heterocycles. The van der Waals surface area contributed by atoms with Crippen molar-refractivity contribution in [2.45, 2.75) is 59.4 Å². The highest BCUT2D eigenvalue weighted by Crippen LogP contribution is 2.49. The van der Waals surface area contributed by atoms with Crippen LogP contribution in [0.2, 0.25) is 0 Å². The molecule has 0 radical (unpaired) electrons. The van der Waals surface area contributed by atoms with Crippen molar-refractivity contribution < 1.29 is 0 Å². The van der Waals surface area contributed by atoms with Gasteiger partial charge in [-0.15, -0.1) is 11.3 Å². The lowest BCUT2D eigenvalue weighted by atomic mass is 9.76. The van der Waals surface area contributed by atoms with Gasteiger partial charge in [0.05, 0.1) is 0 Å². The van der Waals surface area contributed by atoms with E-state index < -0.39 is 0 Å². The van der Waals surface area contributed by atoms with Crippen molar-refractivity contribution in [2.24, 2.45) is 11.3 Å². The van der Waals surface area contributed by atoms with Gasteiger partial charge in [-0.25, -0.2) is 0 Å². The average molecular weight is 265 g/mol. The Bertz CT molecular complexity index is 380. The third-order valence-electron chi connectivity index (χ3n) is 4.47. The highest BCUT2D eigenvalue weighted by atomic mass is 32.1. The van der Waals surface area contributed by atoms with Gasteiger partial charge in [-0.05, 0) is 61.1 Å². The highest BCUT2D eigenvalue weighted by molar-refractivity contribution is 7.10. The van der Waals surface area contributed by atoms with Crippen LogP contribution < -0.4 is 5.32 Å². The molecule has 102 valence electrons. The largest absolute Gasteiger partial charge is 0.310 e. The van der Waals surface area contributed by atoms with Gasteiger partial charge in [-0.2, -0.15) is 0 Å². The fourth-order valence-corrected chi connectivity index (χ4v) is 4.13. The van der Waals surface area contributed by atoms with E-state index >= 15 is 0 Å². The lowest BCUT2D eigenvalue weighted by Gasteiger charge is -2.34. The Morgan fingerprint density at radius 3 is 2.78 bits per heavy atom. The molecule has 0 bridgehead atoms. The monoisotopic (exact) mass is 265 g/mol. The van der Waals surface area contributed by atoms with Crippen molar-refractivity contribution in [1.29, 1.82) is 0 Å². The Morgan fingerprint density at radius 2 is 2.28 bits per heavy atom. The summed E-state index contributed by atoms with van der Waals surface area (Å²) in [4.78, 5) is 1.43. The molecule has 1 aromatic rings. The molecule has 1 nitrogen and oxygen atoms in total. The van der Waals surface area contributed by atoms with Crippen LogP contribution in [-0.4, -0.2) is 6.54 Å². The molecule has 1 aliphatic carbocycles. The smallest absolute Gasteiger partial charge is 0.0362 e. The summed E-state index contributed by atoms with van der Waals surface area (Å²) in [6, 6.07) is 2.94. The molecule has 0 amide bonds. The van der Waals surface area contributed by atoms with Crippen LogP contribution in [0.5, 0.6) is 0 Å². The van der Waals surface area contributed by atoms with Crippen LogP contribution in [0.1, 0.15) is 62.9 Å². The van der Waals surface area contributed by atoms with E-state index in [1.807, 2.05) is 11.3 Å². The standard InChI is InChI=1S/C16H27NS/c1-5-9-17-15(13-10-12(2)18-11-13)14-7-6-8-16(14,3)4/h10-11,14-15,17H,5-9H2,1-4H3. The quantitative estimate of drug-likeness (QED) is 0.796. The first-order valence-electron chi connectivity index (χ1n) is 7.33. The molecule has 1 saturated carbocycles. The van der Waals surface area contributed by atoms with Gasteiger partial charge in [0.15, 0.2) is 0 Å². The lowest BCUT2D eigenvalue weighted by Crippen LogP contribution is -2.34. The van der Waals surface area contributed by atoms with Gasteiger partial charge >= 0.3 is 0 Å². The van der Waals surface area contributed by atoms with Gasteiger partial charge < -0.3 is 5.32 Å². The molecule has 0 aromatic carbocycles. The Labute approximate surface area is 116 Å². The van der Waals surface area contributed by atoms with E-state index in [-0.39, 0.29) is 0 Å². The van der Waals surface area contributed by atoms with Gasteiger partial charge in [0.25, 0.3) is 0 Å². The van der Waals surface area contributed by atoms with Crippen molar-refractivity contribution in [3.63, 3.8) is 0 Å². The van der Waals surface area contributed by atoms with Crippen LogP contribution in [0.15, 0.2) is 11.4 Å². The minimum atomic E-state index is 0.487. The maximum absolute atomic E-state index is 3.80. The summed E-state index contributed by atoms with van der Waals surface area (Å²) in [6.07, 6.45) is 5.37. The molecule has 1 fully saturated rings. The summed E-state index contributed by atoms with van der Waals surface area (Å²) >= 11 is 1.89. The lowest BCUT2D eigenvalue weighted by molar-refractivity contribution is 0.198. The summed E-state index contributed by atoms with van der Waals surface area (Å²) in [5.41, 5.74) is 2.01. The molecule has 1 heterocycles. The van der Waals surface area contributed by atoms with Crippen LogP contribution in [0.4, 0.5) is 0 Å². The van der Waals surface area contributed by atoms with E-state index in [0.717, 1.165) is 12.5 Å². The van der Waals surface area contributed by atoms with Crippen LogP contribution in [0.25, 0.3) is 0 Å². The predicted molar refractivity (Wildman–Crippen MR) is 81.2 cm³/mol. The van der Waals surface area contributed by atoms with E-state index in [0.29, 0.717) is 11.5 Å². The first-order valence-corrected chi connectivity index (χ1v) is 8.21. The van der Waals surface area contributed by atoms with Crippen molar-refractivity contribution in [3.05, 3.63) is 21.9 Å². The van der Waals surface area contributed by atoms with Crippen molar-refractivity contribution in [1.82, 2.24) is 5.32 Å². The summed E-state index contributed by atoms with van der Waals surface area (Å²) < 4.78 is 0. The Kier molecular flexibility index (Phi) is 4.50. The third kappa shape index (κ3) is 2.97. The summed E-state index contributed by atoms with van der Waals surface area (Å²) in [6.45, 7) is 10.5. The van der Waals surface area contributed by atoms with Crippen molar-refractivity contribution in [2.75, 3.05) is 6.54 Å². The zero-order valence-electron chi connectivity index (χ0n) is 12.3. The van der Waals surface area contributed by atoms with Gasteiger partial charge in [-0.3, -0.25) is 0 Å². The first-order chi connectivity index (χ1) is 8.54. The first kappa shape index (κ1) is 14.1. The zero-order valence-corrected chi connectivity index (χ0v) is 13.1. The molecule has 0 spiro atoms. The van der Waals surface area contributed by atoms with Crippen LogP contribution >= 0.6 is 11.3 Å². The molecule has 0 aliphatic heterocycles. The molecule has 1 aliphatic rings. The third-order valence-corrected chi connectivity index (χ3v) is 5.35. The highest BCUT2D eigenvalue weighted by Gasteiger charge is 2.39. The Balaban J connectivity index is 2.19. The van der Waals surface area contributed by atoms with E-state index in [9.17, 15) is 0 Å². The molecule has 1 N–H and O–H groups in total. The van der Waals surface area contributed by atoms with Gasteiger partial charge in [0, 0.05) is 10.9 Å². The Hall–Kier alpha value is -0.340. The van der Waals surface area contributed by atoms with Gasteiger partial charge in [0.2, 0.25) is 0 Å². The molecule has 18 heavy (non-hydrogen) atoms. The fourth-order valence-electron chi connectivity index (χ4n) is 3.39. The second kappa shape index (κ2) is 5.75. The minimum absolute atomic E-state index is 0.487. The summed E-state index contributed by atoms with van der Waals surface area (Å²) in [7, 11) is 0. The number of nitrogens with one attached hydrogen (secondary N) is 1. The van der Waals surface area contributed by atoms with Crippen molar-refractivity contribution in [3.8, 4) is 0 Å². The van der Waals surface area contributed by atoms with E-state index in [1.54, 1.807) is 0 Å². The van der Waals surface area contributed by atoms with Crippen LogP contribution in [0, 0.1) is 18.3 Å². The SMILES string of the molecule is CCCNC(c1csc(C)c1)C1CCCC1(C)C. The maximum Gasteiger partial charge on any atom is 0.0362 e. The second-order valence-electron chi connectivity index (χ2n) is 6.41. The molecule has 1 aromatic heterocycles. The number of rotatable bonds is 5. The number of thiophene rings is 1. The normalized spacial score (nSPS) is 24.3. The fraction of sp³-hybridized carbons (Fsp3) is 0.750. The maximum atomic E-state index is 3.80. The van der Waals surface area contributed by atoms with E-state index in [1.165, 1.54) is 36.1 Å². The minimum Gasteiger partial charge on any atom is -0.310 e. The van der Waals surface area contributed by atoms with Gasteiger partial charge in [-0.1, -0.05) is 27.2 Å². The van der Waals surface area contributed by atoms with E-state index in [2.05, 4.69) is 44.5 Å².